The second-order valence-electron chi connectivity index (χ2n) is 5.48. The number of anilines is 3. The van der Waals surface area contributed by atoms with Crippen LogP contribution in [0.4, 0.5) is 31.8 Å². The Hall–Kier alpha value is -3.67. The van der Waals surface area contributed by atoms with Gasteiger partial charge in [-0.15, -0.1) is 0 Å². The molecule has 9 nitrogen and oxygen atoms in total. The fourth-order valence-electron chi connectivity index (χ4n) is 2.28. The average molecular weight is 465 g/mol. The molecule has 0 atom stereocenters. The van der Waals surface area contributed by atoms with E-state index < -0.39 is 28.2 Å². The fourth-order valence-corrected chi connectivity index (χ4v) is 2.61. The monoisotopic (exact) mass is 464 g/mol. The lowest BCUT2D eigenvalue weighted by Gasteiger charge is -2.11. The molecule has 3 N–H and O–H groups in total. The number of carbonyl (C=O) groups excluding carboxylic acids is 1. The van der Waals surface area contributed by atoms with Gasteiger partial charge in [0.05, 0.1) is 16.2 Å². The molecule has 0 saturated carbocycles. The van der Waals surface area contributed by atoms with Gasteiger partial charge in [0.2, 0.25) is 11.6 Å². The lowest BCUT2D eigenvalue weighted by atomic mass is 10.2. The molecule has 12 heteroatoms. The number of nitro groups is 1. The SMILES string of the molecule is O=C(NNc1ncnc(Nc2ccc(Br)cc2F)c1[N+](=O)[O-])c1ccccc1F. The lowest BCUT2D eigenvalue weighted by Crippen LogP contribution is -2.31. The minimum atomic E-state index is -0.871. The number of benzene rings is 2. The van der Waals surface area contributed by atoms with E-state index in [1.165, 1.54) is 36.4 Å². The van der Waals surface area contributed by atoms with E-state index in [0.29, 0.717) is 4.47 Å². The number of hydrazine groups is 1. The number of nitrogens with zero attached hydrogens (tertiary/aromatic N) is 3. The number of aromatic nitrogens is 2. The predicted molar refractivity (Wildman–Crippen MR) is 104 cm³/mol. The molecule has 0 bridgehead atoms. The predicted octanol–water partition coefficient (Wildman–Crippen LogP) is 3.93. The zero-order chi connectivity index (χ0) is 21.0. The Morgan fingerprint density at radius 1 is 1.07 bits per heavy atom. The number of rotatable bonds is 6. The Balaban J connectivity index is 1.86. The molecule has 0 spiro atoms. The summed E-state index contributed by atoms with van der Waals surface area (Å²) in [5.41, 5.74) is 3.42. The van der Waals surface area contributed by atoms with Gasteiger partial charge in [-0.3, -0.25) is 25.8 Å². The molecule has 0 fully saturated rings. The zero-order valence-electron chi connectivity index (χ0n) is 14.3. The number of carbonyl (C=O) groups is 1. The molecule has 0 aliphatic rings. The van der Waals surface area contributed by atoms with Crippen LogP contribution >= 0.6 is 15.9 Å². The number of halogens is 3. The van der Waals surface area contributed by atoms with Gasteiger partial charge >= 0.3 is 5.69 Å². The molecular formula is C17H11BrF2N6O3. The van der Waals surface area contributed by atoms with Crippen molar-refractivity contribution in [2.75, 3.05) is 10.7 Å². The Morgan fingerprint density at radius 3 is 2.48 bits per heavy atom. The number of hydrogen-bond donors (Lipinski definition) is 3. The van der Waals surface area contributed by atoms with Gasteiger partial charge in [0.1, 0.15) is 18.0 Å². The van der Waals surface area contributed by atoms with Gasteiger partial charge in [-0.05, 0) is 30.3 Å². The summed E-state index contributed by atoms with van der Waals surface area (Å²) in [5.74, 6) is -3.00. The lowest BCUT2D eigenvalue weighted by molar-refractivity contribution is -0.383. The van der Waals surface area contributed by atoms with Crippen LogP contribution in [0.5, 0.6) is 0 Å². The highest BCUT2D eigenvalue weighted by Gasteiger charge is 2.24. The van der Waals surface area contributed by atoms with E-state index in [1.807, 2.05) is 0 Å². The van der Waals surface area contributed by atoms with Crippen molar-refractivity contribution in [1.82, 2.24) is 15.4 Å². The van der Waals surface area contributed by atoms with Gasteiger partial charge in [-0.1, -0.05) is 28.1 Å². The Bertz CT molecular complexity index is 1100. The highest BCUT2D eigenvalue weighted by atomic mass is 79.9. The van der Waals surface area contributed by atoms with Crippen LogP contribution in [0.3, 0.4) is 0 Å². The van der Waals surface area contributed by atoms with Crippen molar-refractivity contribution in [3.8, 4) is 0 Å². The maximum absolute atomic E-state index is 14.0. The first kappa shape index (κ1) is 20.1. The van der Waals surface area contributed by atoms with Crippen molar-refractivity contribution < 1.29 is 18.5 Å². The first-order valence-electron chi connectivity index (χ1n) is 7.89. The standard InChI is InChI=1S/C17H11BrF2N6O3/c18-9-5-6-13(12(20)7-9)23-15-14(26(28)29)16(22-8-21-15)24-25-17(27)10-3-1-2-4-11(10)19/h1-8H,(H,25,27)(H2,21,22,23,24). The van der Waals surface area contributed by atoms with Crippen molar-refractivity contribution in [2.45, 2.75) is 0 Å². The molecule has 148 valence electrons. The van der Waals surface area contributed by atoms with E-state index in [1.54, 1.807) is 0 Å². The van der Waals surface area contributed by atoms with Gasteiger partial charge in [-0.2, -0.15) is 0 Å². The molecule has 3 rings (SSSR count). The van der Waals surface area contributed by atoms with E-state index in [-0.39, 0.29) is 22.9 Å². The van der Waals surface area contributed by atoms with Gasteiger partial charge in [0.25, 0.3) is 5.91 Å². The first-order valence-corrected chi connectivity index (χ1v) is 8.68. The van der Waals surface area contributed by atoms with Crippen molar-refractivity contribution in [1.29, 1.82) is 0 Å². The summed E-state index contributed by atoms with van der Waals surface area (Å²) < 4.78 is 28.2. The maximum atomic E-state index is 14.0. The molecule has 0 aliphatic carbocycles. The topological polar surface area (TPSA) is 122 Å². The van der Waals surface area contributed by atoms with Crippen LogP contribution in [0.15, 0.2) is 53.3 Å². The normalized spacial score (nSPS) is 10.3. The molecule has 29 heavy (non-hydrogen) atoms. The maximum Gasteiger partial charge on any atom is 0.355 e. The van der Waals surface area contributed by atoms with E-state index in [0.717, 1.165) is 12.4 Å². The summed E-state index contributed by atoms with van der Waals surface area (Å²) in [7, 11) is 0. The van der Waals surface area contributed by atoms with Gasteiger partial charge < -0.3 is 5.32 Å². The van der Waals surface area contributed by atoms with Crippen molar-refractivity contribution >= 4 is 44.8 Å². The van der Waals surface area contributed by atoms with E-state index in [4.69, 9.17) is 0 Å². The molecular weight excluding hydrogens is 454 g/mol. The Kier molecular flexibility index (Phi) is 5.93. The smallest absolute Gasteiger partial charge is 0.332 e. The third-order valence-electron chi connectivity index (χ3n) is 3.60. The van der Waals surface area contributed by atoms with Crippen LogP contribution in [-0.4, -0.2) is 20.8 Å². The zero-order valence-corrected chi connectivity index (χ0v) is 15.9. The molecule has 0 saturated heterocycles. The second-order valence-corrected chi connectivity index (χ2v) is 6.40. The fraction of sp³-hybridized carbons (Fsp3) is 0. The van der Waals surface area contributed by atoms with Crippen molar-refractivity contribution in [2.24, 2.45) is 0 Å². The van der Waals surface area contributed by atoms with Gasteiger partial charge in [-0.25, -0.2) is 18.7 Å². The van der Waals surface area contributed by atoms with Crippen molar-refractivity contribution in [3.05, 3.63) is 80.6 Å². The largest absolute Gasteiger partial charge is 0.355 e. The average Bonchev–Trinajstić information content (AvgIpc) is 2.68. The van der Waals surface area contributed by atoms with E-state index in [2.05, 4.69) is 42.1 Å². The quantitative estimate of drug-likeness (QED) is 0.373. The highest BCUT2D eigenvalue weighted by molar-refractivity contribution is 9.10. The number of nitrogens with one attached hydrogen (secondary N) is 3. The Morgan fingerprint density at radius 2 is 1.79 bits per heavy atom. The van der Waals surface area contributed by atoms with Crippen LogP contribution < -0.4 is 16.2 Å². The molecule has 3 aromatic rings. The molecule has 1 amide bonds. The summed E-state index contributed by atoms with van der Waals surface area (Å²) in [5, 5.41) is 14.0. The minimum Gasteiger partial charge on any atom is -0.332 e. The van der Waals surface area contributed by atoms with Crippen LogP contribution in [0.1, 0.15) is 10.4 Å². The third-order valence-corrected chi connectivity index (χ3v) is 4.10. The van der Waals surface area contributed by atoms with Crippen molar-refractivity contribution in [3.63, 3.8) is 0 Å². The molecule has 2 aromatic carbocycles. The summed E-state index contributed by atoms with van der Waals surface area (Å²) in [4.78, 5) is 30.3. The van der Waals surface area contributed by atoms with Gasteiger partial charge in [0.15, 0.2) is 0 Å². The third kappa shape index (κ3) is 4.60. The van der Waals surface area contributed by atoms with Crippen LogP contribution in [0, 0.1) is 21.7 Å². The number of amides is 1. The summed E-state index contributed by atoms with van der Waals surface area (Å²) in [6.45, 7) is 0. The molecule has 0 unspecified atom stereocenters. The van der Waals surface area contributed by atoms with E-state index in [9.17, 15) is 23.7 Å². The molecule has 1 heterocycles. The van der Waals surface area contributed by atoms with Crippen LogP contribution in [0.2, 0.25) is 0 Å². The van der Waals surface area contributed by atoms with E-state index >= 15 is 0 Å². The van der Waals surface area contributed by atoms with Crippen LogP contribution in [-0.2, 0) is 0 Å². The van der Waals surface area contributed by atoms with Crippen LogP contribution in [0.25, 0.3) is 0 Å². The second kappa shape index (κ2) is 8.56. The summed E-state index contributed by atoms with van der Waals surface area (Å²) in [6, 6.07) is 9.27. The number of hydrogen-bond acceptors (Lipinski definition) is 7. The minimum absolute atomic E-state index is 0.0589. The summed E-state index contributed by atoms with van der Waals surface area (Å²) >= 11 is 3.11. The molecule has 1 aromatic heterocycles. The highest BCUT2D eigenvalue weighted by Crippen LogP contribution is 2.32. The van der Waals surface area contributed by atoms with Gasteiger partial charge in [0, 0.05) is 4.47 Å². The summed E-state index contributed by atoms with van der Waals surface area (Å²) in [6.07, 6.45) is 0.976. The first-order chi connectivity index (χ1) is 13.9. The molecule has 0 radical (unpaired) electrons. The molecule has 0 aliphatic heterocycles. The Labute approximate surface area is 170 Å².